The summed E-state index contributed by atoms with van der Waals surface area (Å²) in [5.74, 6) is -0.477. The number of nitrogens with one attached hydrogen (secondary N) is 1. The van der Waals surface area contributed by atoms with E-state index in [2.05, 4.69) is 10.3 Å². The van der Waals surface area contributed by atoms with Crippen LogP contribution >= 0.6 is 11.3 Å². The molecule has 0 unspecified atom stereocenters. The Morgan fingerprint density at radius 2 is 1.88 bits per heavy atom. The van der Waals surface area contributed by atoms with Crippen molar-refractivity contribution in [1.82, 2.24) is 19.6 Å². The molecule has 0 aliphatic carbocycles. The van der Waals surface area contributed by atoms with Crippen LogP contribution in [0.4, 0.5) is 0 Å². The molecule has 1 fully saturated rings. The monoisotopic (exact) mass is 368 g/mol. The number of thiazole rings is 1. The van der Waals surface area contributed by atoms with E-state index in [4.69, 9.17) is 0 Å². The number of imide groups is 1. The molecule has 1 N–H and O–H groups in total. The van der Waals surface area contributed by atoms with Gasteiger partial charge in [0.15, 0.2) is 4.96 Å². The summed E-state index contributed by atoms with van der Waals surface area (Å²) in [6.07, 6.45) is 4.38. The number of nitrogens with zero attached hydrogens (tertiary/aromatic N) is 3. The summed E-state index contributed by atoms with van der Waals surface area (Å²) in [6.45, 7) is 0.608. The van der Waals surface area contributed by atoms with E-state index in [-0.39, 0.29) is 37.1 Å². The molecule has 0 bridgehead atoms. The molecular formula is C18H16N4O3S. The summed E-state index contributed by atoms with van der Waals surface area (Å²) < 4.78 is 1.92. The van der Waals surface area contributed by atoms with Crippen LogP contribution in [0.3, 0.4) is 0 Å². The third-order valence-corrected chi connectivity index (χ3v) is 5.06. The molecule has 0 radical (unpaired) electrons. The average molecular weight is 368 g/mol. The topological polar surface area (TPSA) is 83.8 Å². The summed E-state index contributed by atoms with van der Waals surface area (Å²) in [5, 5.41) is 4.80. The fourth-order valence-corrected chi connectivity index (χ4v) is 3.60. The molecule has 26 heavy (non-hydrogen) atoms. The van der Waals surface area contributed by atoms with Gasteiger partial charge in [-0.25, -0.2) is 4.98 Å². The molecule has 7 nitrogen and oxygen atoms in total. The van der Waals surface area contributed by atoms with Gasteiger partial charge in [-0.2, -0.15) is 0 Å². The molecule has 0 atom stereocenters. The number of hydrogen-bond acceptors (Lipinski definition) is 5. The highest BCUT2D eigenvalue weighted by Gasteiger charge is 2.28. The standard InChI is InChI=1S/C18H16N4O3S/c23-15-5-6-16(24)22(15)10-12-1-3-13(4-2-12)17(25)19-9-14-11-21-7-8-26-18(21)20-14/h1-4,7-8,11H,5-6,9-10H2,(H,19,25). The number of aromatic nitrogens is 2. The van der Waals surface area contributed by atoms with Gasteiger partial charge in [0, 0.05) is 36.2 Å². The first-order valence-electron chi connectivity index (χ1n) is 8.21. The van der Waals surface area contributed by atoms with Gasteiger partial charge in [-0.05, 0) is 17.7 Å². The fraction of sp³-hybridized carbons (Fsp3) is 0.222. The van der Waals surface area contributed by atoms with Crippen LogP contribution in [0.15, 0.2) is 42.0 Å². The molecule has 1 saturated heterocycles. The van der Waals surface area contributed by atoms with Crippen LogP contribution in [-0.2, 0) is 22.7 Å². The van der Waals surface area contributed by atoms with Gasteiger partial charge in [-0.3, -0.25) is 23.7 Å². The van der Waals surface area contributed by atoms with Crippen LogP contribution < -0.4 is 5.32 Å². The number of likely N-dealkylation sites (tertiary alicyclic amines) is 1. The largest absolute Gasteiger partial charge is 0.346 e. The average Bonchev–Trinajstić information content (AvgIpc) is 3.31. The number of amides is 3. The van der Waals surface area contributed by atoms with Crippen LogP contribution in [0.5, 0.6) is 0 Å². The maximum absolute atomic E-state index is 12.3. The SMILES string of the molecule is O=C(NCc1cn2ccsc2n1)c1ccc(CN2C(=O)CCC2=O)cc1. The lowest BCUT2D eigenvalue weighted by Crippen LogP contribution is -2.28. The Morgan fingerprint density at radius 1 is 1.15 bits per heavy atom. The van der Waals surface area contributed by atoms with E-state index in [9.17, 15) is 14.4 Å². The summed E-state index contributed by atoms with van der Waals surface area (Å²) in [5.41, 5.74) is 2.14. The number of imidazole rings is 1. The zero-order valence-corrected chi connectivity index (χ0v) is 14.7. The number of carbonyl (C=O) groups is 3. The van der Waals surface area contributed by atoms with Crippen molar-refractivity contribution in [1.29, 1.82) is 0 Å². The smallest absolute Gasteiger partial charge is 0.251 e. The summed E-state index contributed by atoms with van der Waals surface area (Å²) >= 11 is 1.54. The van der Waals surface area contributed by atoms with Crippen LogP contribution in [0.25, 0.3) is 4.96 Å². The second-order valence-corrected chi connectivity index (χ2v) is 6.95. The van der Waals surface area contributed by atoms with Crippen molar-refractivity contribution in [2.24, 2.45) is 0 Å². The molecule has 132 valence electrons. The number of fused-ring (bicyclic) bond motifs is 1. The molecule has 0 saturated carbocycles. The van der Waals surface area contributed by atoms with Gasteiger partial charge >= 0.3 is 0 Å². The van der Waals surface area contributed by atoms with Crippen LogP contribution in [0.1, 0.15) is 34.5 Å². The fourth-order valence-electron chi connectivity index (χ4n) is 2.88. The normalized spacial score (nSPS) is 14.4. The summed E-state index contributed by atoms with van der Waals surface area (Å²) in [4.78, 5) is 42.2. The molecular weight excluding hydrogens is 352 g/mol. The molecule has 8 heteroatoms. The molecule has 0 spiro atoms. The molecule has 3 amide bonds. The maximum atomic E-state index is 12.3. The second-order valence-electron chi connectivity index (χ2n) is 6.08. The summed E-state index contributed by atoms with van der Waals surface area (Å²) in [6, 6.07) is 6.92. The van der Waals surface area contributed by atoms with Crippen LogP contribution in [0, 0.1) is 0 Å². The van der Waals surface area contributed by atoms with Crippen molar-refractivity contribution in [3.05, 3.63) is 58.9 Å². The lowest BCUT2D eigenvalue weighted by molar-refractivity contribution is -0.139. The first-order valence-corrected chi connectivity index (χ1v) is 9.09. The van der Waals surface area contributed by atoms with Crippen molar-refractivity contribution in [2.45, 2.75) is 25.9 Å². The molecule has 4 rings (SSSR count). The Bertz CT molecular complexity index is 945. The first kappa shape index (κ1) is 16.5. The Hall–Kier alpha value is -3.00. The molecule has 3 aromatic rings. The van der Waals surface area contributed by atoms with E-state index in [1.54, 1.807) is 35.6 Å². The highest BCUT2D eigenvalue weighted by molar-refractivity contribution is 7.15. The number of carbonyl (C=O) groups excluding carboxylic acids is 3. The van der Waals surface area contributed by atoms with Gasteiger partial charge in [-0.1, -0.05) is 12.1 Å². The van der Waals surface area contributed by atoms with Crippen molar-refractivity contribution < 1.29 is 14.4 Å². The second kappa shape index (κ2) is 6.72. The molecule has 2 aromatic heterocycles. The van der Waals surface area contributed by atoms with E-state index < -0.39 is 0 Å². The van der Waals surface area contributed by atoms with Gasteiger partial charge < -0.3 is 5.32 Å². The van der Waals surface area contributed by atoms with E-state index in [1.165, 1.54) is 4.90 Å². The highest BCUT2D eigenvalue weighted by atomic mass is 32.1. The minimum atomic E-state index is -0.193. The van der Waals surface area contributed by atoms with Gasteiger partial charge in [-0.15, -0.1) is 11.3 Å². The minimum absolute atomic E-state index is 0.142. The minimum Gasteiger partial charge on any atom is -0.346 e. The maximum Gasteiger partial charge on any atom is 0.251 e. The quantitative estimate of drug-likeness (QED) is 0.698. The molecule has 1 aromatic carbocycles. The van der Waals surface area contributed by atoms with E-state index in [0.29, 0.717) is 12.1 Å². The van der Waals surface area contributed by atoms with Crippen molar-refractivity contribution in [3.8, 4) is 0 Å². The van der Waals surface area contributed by atoms with Crippen molar-refractivity contribution in [2.75, 3.05) is 0 Å². The molecule has 1 aliphatic rings. The van der Waals surface area contributed by atoms with Gasteiger partial charge in [0.25, 0.3) is 5.91 Å². The van der Waals surface area contributed by atoms with Gasteiger partial charge in [0.1, 0.15) is 0 Å². The van der Waals surface area contributed by atoms with E-state index >= 15 is 0 Å². The Labute approximate surface area is 153 Å². The Kier molecular flexibility index (Phi) is 4.26. The Morgan fingerprint density at radius 3 is 2.58 bits per heavy atom. The van der Waals surface area contributed by atoms with Gasteiger partial charge in [0.05, 0.1) is 18.8 Å². The van der Waals surface area contributed by atoms with Crippen LogP contribution in [0.2, 0.25) is 0 Å². The third-order valence-electron chi connectivity index (χ3n) is 4.28. The van der Waals surface area contributed by atoms with Crippen LogP contribution in [-0.4, -0.2) is 32.0 Å². The third kappa shape index (κ3) is 3.23. The van der Waals surface area contributed by atoms with Gasteiger partial charge in [0.2, 0.25) is 11.8 Å². The Balaban J connectivity index is 1.36. The molecule has 3 heterocycles. The lowest BCUT2D eigenvalue weighted by atomic mass is 10.1. The lowest BCUT2D eigenvalue weighted by Gasteiger charge is -2.13. The van der Waals surface area contributed by atoms with E-state index in [1.807, 2.05) is 22.2 Å². The summed E-state index contributed by atoms with van der Waals surface area (Å²) in [7, 11) is 0. The zero-order valence-electron chi connectivity index (χ0n) is 13.8. The predicted molar refractivity (Wildman–Crippen MR) is 95.5 cm³/mol. The molecule has 1 aliphatic heterocycles. The zero-order chi connectivity index (χ0) is 18.1. The van der Waals surface area contributed by atoms with E-state index in [0.717, 1.165) is 16.2 Å². The van der Waals surface area contributed by atoms with Crippen molar-refractivity contribution in [3.63, 3.8) is 0 Å². The number of benzene rings is 1. The highest BCUT2D eigenvalue weighted by Crippen LogP contribution is 2.16. The number of hydrogen-bond donors (Lipinski definition) is 1. The predicted octanol–water partition coefficient (Wildman–Crippen LogP) is 1.97. The first-order chi connectivity index (χ1) is 12.6. The number of rotatable bonds is 5. The van der Waals surface area contributed by atoms with Crippen molar-refractivity contribution >= 4 is 34.0 Å².